The van der Waals surface area contributed by atoms with Crippen molar-refractivity contribution in [3.8, 4) is 11.5 Å². The Hall–Kier alpha value is -2.90. The molecular formula is C19H15Cl2N3O4. The van der Waals surface area contributed by atoms with Crippen molar-refractivity contribution in [2.75, 3.05) is 5.32 Å². The molecule has 144 valence electrons. The van der Waals surface area contributed by atoms with Gasteiger partial charge in [-0.3, -0.25) is 4.79 Å². The van der Waals surface area contributed by atoms with E-state index in [0.717, 1.165) is 5.56 Å². The molecule has 7 nitrogen and oxygen atoms in total. The summed E-state index contributed by atoms with van der Waals surface area (Å²) in [7, 11) is 0. The molecule has 1 amide bonds. The number of rotatable bonds is 5. The van der Waals surface area contributed by atoms with E-state index in [9.17, 15) is 9.59 Å². The van der Waals surface area contributed by atoms with Gasteiger partial charge in [0.15, 0.2) is 17.6 Å². The lowest BCUT2D eigenvalue weighted by molar-refractivity contribution is -0.123. The Kier molecular flexibility index (Phi) is 5.96. The first-order valence-corrected chi connectivity index (χ1v) is 8.96. The molecule has 2 aromatic heterocycles. The molecule has 0 radical (unpaired) electrons. The van der Waals surface area contributed by atoms with Crippen molar-refractivity contribution in [2.24, 2.45) is 0 Å². The van der Waals surface area contributed by atoms with E-state index in [1.54, 1.807) is 19.1 Å². The van der Waals surface area contributed by atoms with Crippen LogP contribution in [0.5, 0.6) is 0 Å². The van der Waals surface area contributed by atoms with Gasteiger partial charge >= 0.3 is 5.97 Å². The quantitative estimate of drug-likeness (QED) is 0.610. The summed E-state index contributed by atoms with van der Waals surface area (Å²) in [6, 6.07) is 10.6. The van der Waals surface area contributed by atoms with Gasteiger partial charge in [0.1, 0.15) is 5.76 Å². The van der Waals surface area contributed by atoms with Crippen molar-refractivity contribution in [1.82, 2.24) is 9.97 Å². The number of amides is 1. The van der Waals surface area contributed by atoms with Crippen LogP contribution in [0.2, 0.25) is 10.0 Å². The summed E-state index contributed by atoms with van der Waals surface area (Å²) in [6.07, 6.45) is 0.223. The molecule has 0 bridgehead atoms. The van der Waals surface area contributed by atoms with E-state index in [1.807, 2.05) is 18.2 Å². The second-order valence-corrected chi connectivity index (χ2v) is 6.65. The summed E-state index contributed by atoms with van der Waals surface area (Å²) >= 11 is 11.7. The summed E-state index contributed by atoms with van der Waals surface area (Å²) in [5, 5.41) is 2.98. The number of aromatic nitrogens is 2. The van der Waals surface area contributed by atoms with Crippen LogP contribution in [0.4, 0.5) is 5.82 Å². The monoisotopic (exact) mass is 419 g/mol. The van der Waals surface area contributed by atoms with Gasteiger partial charge in [0.05, 0.1) is 10.0 Å². The average Bonchev–Trinajstić information content (AvgIpc) is 3.06. The van der Waals surface area contributed by atoms with E-state index in [-0.39, 0.29) is 16.5 Å². The number of anilines is 1. The molecule has 2 heterocycles. The maximum absolute atomic E-state index is 12.4. The van der Waals surface area contributed by atoms with Gasteiger partial charge in [-0.1, -0.05) is 41.4 Å². The van der Waals surface area contributed by atoms with Gasteiger partial charge in [0, 0.05) is 11.8 Å². The number of oxazole rings is 1. The number of hydrogen-bond donors (Lipinski definition) is 1. The summed E-state index contributed by atoms with van der Waals surface area (Å²) in [5.74, 6) is -0.683. The fraction of sp³-hybridized carbons (Fsp3) is 0.158. The van der Waals surface area contributed by atoms with E-state index in [4.69, 9.17) is 32.4 Å². The van der Waals surface area contributed by atoms with Crippen molar-refractivity contribution < 1.29 is 18.7 Å². The zero-order valence-corrected chi connectivity index (χ0v) is 16.4. The minimum atomic E-state index is -1.11. The normalized spacial score (nSPS) is 11.7. The van der Waals surface area contributed by atoms with Gasteiger partial charge in [-0.15, -0.1) is 0 Å². The third kappa shape index (κ3) is 4.49. The minimum Gasteiger partial charge on any atom is -0.448 e. The number of hydrogen-bond acceptors (Lipinski definition) is 6. The standard InChI is InChI=1S/C19H15Cl2N3O4/c1-10-15(23-18(27-10)12-6-4-3-5-7-12)19(26)28-11(2)17(25)24-16-14(21)8-13(20)9-22-16/h3-9,11H,1-2H3,(H,22,24,25). The number of ether oxygens (including phenoxy) is 1. The first kappa shape index (κ1) is 19.9. The first-order chi connectivity index (χ1) is 13.3. The fourth-order valence-electron chi connectivity index (χ4n) is 2.28. The van der Waals surface area contributed by atoms with Gasteiger partial charge in [-0.2, -0.15) is 0 Å². The molecule has 0 fully saturated rings. The fourth-order valence-corrected chi connectivity index (χ4v) is 2.71. The third-order valence-corrected chi connectivity index (χ3v) is 4.21. The number of aryl methyl sites for hydroxylation is 1. The predicted molar refractivity (Wildman–Crippen MR) is 104 cm³/mol. The third-order valence-electron chi connectivity index (χ3n) is 3.71. The van der Waals surface area contributed by atoms with Crippen molar-refractivity contribution in [1.29, 1.82) is 0 Å². The number of nitrogens with one attached hydrogen (secondary N) is 1. The van der Waals surface area contributed by atoms with Crippen LogP contribution in [0.3, 0.4) is 0 Å². The summed E-state index contributed by atoms with van der Waals surface area (Å²) in [4.78, 5) is 32.8. The molecule has 0 saturated carbocycles. The van der Waals surface area contributed by atoms with Gasteiger partial charge in [-0.05, 0) is 32.0 Å². The lowest BCUT2D eigenvalue weighted by Crippen LogP contribution is -2.30. The molecule has 1 unspecified atom stereocenters. The lowest BCUT2D eigenvalue weighted by Gasteiger charge is -2.13. The molecule has 1 N–H and O–H groups in total. The second-order valence-electron chi connectivity index (χ2n) is 5.81. The van der Waals surface area contributed by atoms with Gasteiger partial charge in [0.2, 0.25) is 5.89 Å². The Morgan fingerprint density at radius 3 is 2.61 bits per heavy atom. The molecule has 0 spiro atoms. The topological polar surface area (TPSA) is 94.3 Å². The zero-order chi connectivity index (χ0) is 20.3. The number of pyridine rings is 1. The Bertz CT molecular complexity index is 1020. The molecule has 1 atom stereocenters. The minimum absolute atomic E-state index is 0.00107. The zero-order valence-electron chi connectivity index (χ0n) is 14.9. The van der Waals surface area contributed by atoms with E-state index in [1.165, 1.54) is 19.2 Å². The maximum Gasteiger partial charge on any atom is 0.361 e. The molecular weight excluding hydrogens is 405 g/mol. The summed E-state index contributed by atoms with van der Waals surface area (Å²) in [6.45, 7) is 3.02. The number of benzene rings is 1. The van der Waals surface area contributed by atoms with E-state index in [2.05, 4.69) is 15.3 Å². The van der Waals surface area contributed by atoms with Crippen LogP contribution in [0.25, 0.3) is 11.5 Å². The Morgan fingerprint density at radius 2 is 1.93 bits per heavy atom. The molecule has 0 saturated heterocycles. The van der Waals surface area contributed by atoms with E-state index < -0.39 is 18.0 Å². The first-order valence-electron chi connectivity index (χ1n) is 8.21. The molecule has 0 aliphatic carbocycles. The average molecular weight is 420 g/mol. The number of esters is 1. The molecule has 1 aromatic carbocycles. The van der Waals surface area contributed by atoms with E-state index >= 15 is 0 Å². The highest BCUT2D eigenvalue weighted by atomic mass is 35.5. The summed E-state index contributed by atoms with van der Waals surface area (Å²) in [5.41, 5.74) is 0.722. The summed E-state index contributed by atoms with van der Waals surface area (Å²) < 4.78 is 10.7. The van der Waals surface area contributed by atoms with Gasteiger partial charge < -0.3 is 14.5 Å². The molecule has 0 aliphatic heterocycles. The van der Waals surface area contributed by atoms with Crippen LogP contribution in [-0.2, 0) is 9.53 Å². The Balaban J connectivity index is 1.68. The highest BCUT2D eigenvalue weighted by Crippen LogP contribution is 2.24. The molecule has 0 aliphatic rings. The van der Waals surface area contributed by atoms with Crippen molar-refractivity contribution in [2.45, 2.75) is 20.0 Å². The van der Waals surface area contributed by atoms with Crippen LogP contribution in [0, 0.1) is 6.92 Å². The number of nitrogens with zero attached hydrogens (tertiary/aromatic N) is 2. The van der Waals surface area contributed by atoms with Crippen molar-refractivity contribution in [3.05, 3.63) is 64.1 Å². The molecule has 3 aromatic rings. The van der Waals surface area contributed by atoms with Crippen molar-refractivity contribution >= 4 is 40.9 Å². The second kappa shape index (κ2) is 8.41. The Labute approximate surface area is 170 Å². The highest BCUT2D eigenvalue weighted by Gasteiger charge is 2.25. The van der Waals surface area contributed by atoms with Crippen LogP contribution < -0.4 is 5.32 Å². The van der Waals surface area contributed by atoms with Gasteiger partial charge in [0.25, 0.3) is 5.91 Å². The SMILES string of the molecule is Cc1oc(-c2ccccc2)nc1C(=O)OC(C)C(=O)Nc1ncc(Cl)cc1Cl. The smallest absolute Gasteiger partial charge is 0.361 e. The van der Waals surface area contributed by atoms with E-state index in [0.29, 0.717) is 16.7 Å². The number of carbonyl (C=O) groups is 2. The van der Waals surface area contributed by atoms with Crippen molar-refractivity contribution in [3.63, 3.8) is 0 Å². The Morgan fingerprint density at radius 1 is 1.21 bits per heavy atom. The van der Waals surface area contributed by atoms with Crippen LogP contribution in [-0.4, -0.2) is 27.9 Å². The molecule has 9 heteroatoms. The maximum atomic E-state index is 12.4. The number of carbonyl (C=O) groups excluding carboxylic acids is 2. The molecule has 28 heavy (non-hydrogen) atoms. The highest BCUT2D eigenvalue weighted by molar-refractivity contribution is 6.36. The van der Waals surface area contributed by atoms with Gasteiger partial charge in [-0.25, -0.2) is 14.8 Å². The van der Waals surface area contributed by atoms with Crippen LogP contribution in [0.1, 0.15) is 23.2 Å². The lowest BCUT2D eigenvalue weighted by atomic mass is 10.2. The number of halogens is 2. The van der Waals surface area contributed by atoms with Crippen LogP contribution in [0.15, 0.2) is 47.0 Å². The van der Waals surface area contributed by atoms with Crippen LogP contribution >= 0.6 is 23.2 Å². The molecule has 3 rings (SSSR count). The largest absolute Gasteiger partial charge is 0.448 e. The predicted octanol–water partition coefficient (Wildman–Crippen LogP) is 4.54.